The highest BCUT2D eigenvalue weighted by Crippen LogP contribution is 2.24. The van der Waals surface area contributed by atoms with Crippen LogP contribution in [0.2, 0.25) is 0 Å². The van der Waals surface area contributed by atoms with Crippen LogP contribution in [0.5, 0.6) is 0 Å². The summed E-state index contributed by atoms with van der Waals surface area (Å²) >= 11 is 0. The van der Waals surface area contributed by atoms with Gasteiger partial charge >= 0.3 is 11.9 Å². The van der Waals surface area contributed by atoms with Crippen molar-refractivity contribution in [3.05, 3.63) is 0 Å². The van der Waals surface area contributed by atoms with E-state index < -0.39 is 41.6 Å². The minimum Gasteiger partial charge on any atom is -0.382 e. The summed E-state index contributed by atoms with van der Waals surface area (Å²) in [6.07, 6.45) is -2.58. The molecule has 2 N–H and O–H groups in total. The minimum absolute atomic E-state index is 0.0537. The Balaban J connectivity index is 2.67. The summed E-state index contributed by atoms with van der Waals surface area (Å²) in [5.41, 5.74) is -2.62. The van der Waals surface area contributed by atoms with Gasteiger partial charge in [0.2, 0.25) is 5.60 Å². The highest BCUT2D eigenvalue weighted by atomic mass is 17.2. The Morgan fingerprint density at radius 3 is 2.44 bits per heavy atom. The Bertz CT molecular complexity index is 399. The first-order valence-corrected chi connectivity index (χ1v) is 5.15. The SMILES string of the molecule is CC(O)C(=O)OOC(=O)C1(O)CC(=O)CCC1=O. The van der Waals surface area contributed by atoms with Gasteiger partial charge in [0.25, 0.3) is 0 Å². The molecule has 1 saturated carbocycles. The van der Waals surface area contributed by atoms with E-state index in [9.17, 15) is 24.3 Å². The lowest BCUT2D eigenvalue weighted by molar-refractivity contribution is -0.273. The third-order valence-corrected chi connectivity index (χ3v) is 2.42. The van der Waals surface area contributed by atoms with Crippen LogP contribution in [0.4, 0.5) is 0 Å². The van der Waals surface area contributed by atoms with E-state index in [1.807, 2.05) is 0 Å². The lowest BCUT2D eigenvalue weighted by atomic mass is 9.83. The van der Waals surface area contributed by atoms with Crippen molar-refractivity contribution in [2.24, 2.45) is 0 Å². The fourth-order valence-electron chi connectivity index (χ4n) is 1.34. The topological polar surface area (TPSA) is 127 Å². The van der Waals surface area contributed by atoms with Gasteiger partial charge in [-0.3, -0.25) is 9.59 Å². The van der Waals surface area contributed by atoms with Gasteiger partial charge < -0.3 is 10.2 Å². The van der Waals surface area contributed by atoms with E-state index in [1.165, 1.54) is 0 Å². The molecule has 0 spiro atoms. The van der Waals surface area contributed by atoms with Crippen LogP contribution in [0.1, 0.15) is 26.2 Å². The Morgan fingerprint density at radius 1 is 1.28 bits per heavy atom. The van der Waals surface area contributed by atoms with Crippen molar-refractivity contribution < 1.29 is 39.2 Å². The van der Waals surface area contributed by atoms with Crippen LogP contribution in [0, 0.1) is 0 Å². The van der Waals surface area contributed by atoms with Gasteiger partial charge in [0, 0.05) is 12.8 Å². The largest absolute Gasteiger partial charge is 0.394 e. The van der Waals surface area contributed by atoms with Gasteiger partial charge in [-0.1, -0.05) is 0 Å². The second kappa shape index (κ2) is 5.23. The van der Waals surface area contributed by atoms with Crippen LogP contribution in [-0.2, 0) is 29.0 Å². The zero-order valence-electron chi connectivity index (χ0n) is 9.54. The lowest BCUT2D eigenvalue weighted by Crippen LogP contribution is -2.52. The fourth-order valence-corrected chi connectivity index (χ4v) is 1.34. The van der Waals surface area contributed by atoms with Gasteiger partial charge in [-0.2, -0.15) is 0 Å². The van der Waals surface area contributed by atoms with Gasteiger partial charge in [0.15, 0.2) is 11.9 Å². The molecule has 0 aromatic heterocycles. The van der Waals surface area contributed by atoms with Crippen molar-refractivity contribution in [1.29, 1.82) is 0 Å². The molecule has 100 valence electrons. The number of hydrogen-bond donors (Lipinski definition) is 2. The smallest absolute Gasteiger partial charge is 0.382 e. The Kier molecular flexibility index (Phi) is 4.15. The zero-order valence-corrected chi connectivity index (χ0v) is 9.54. The predicted octanol–water partition coefficient (Wildman–Crippen LogP) is -1.58. The number of carbonyl (C=O) groups excluding carboxylic acids is 4. The van der Waals surface area contributed by atoms with Crippen molar-refractivity contribution in [3.8, 4) is 0 Å². The number of carbonyl (C=O) groups is 4. The Hall–Kier alpha value is -1.80. The number of rotatable bonds is 2. The van der Waals surface area contributed by atoms with Crippen LogP contribution in [0.25, 0.3) is 0 Å². The van der Waals surface area contributed by atoms with Crippen molar-refractivity contribution in [3.63, 3.8) is 0 Å². The molecule has 2 atom stereocenters. The molecule has 1 aliphatic carbocycles. The molecule has 8 heteroatoms. The summed E-state index contributed by atoms with van der Waals surface area (Å²) in [6.45, 7) is 1.07. The lowest BCUT2D eigenvalue weighted by Gasteiger charge is -2.25. The molecule has 0 heterocycles. The number of ketones is 2. The Morgan fingerprint density at radius 2 is 1.89 bits per heavy atom. The third kappa shape index (κ3) is 2.90. The average Bonchev–Trinajstić information content (AvgIpc) is 2.30. The number of Topliss-reactive ketones (excluding diaryl/α,β-unsaturated/α-hetero) is 2. The molecule has 2 unspecified atom stereocenters. The summed E-state index contributed by atoms with van der Waals surface area (Å²) in [7, 11) is 0. The molecule has 0 radical (unpaired) electrons. The van der Waals surface area contributed by atoms with Crippen molar-refractivity contribution in [2.75, 3.05) is 0 Å². The standard InChI is InChI=1S/C10H12O8/c1-5(11)8(14)17-18-9(15)10(16)4-6(12)2-3-7(10)13/h5,11,16H,2-4H2,1H3. The van der Waals surface area contributed by atoms with E-state index in [1.54, 1.807) is 0 Å². The van der Waals surface area contributed by atoms with Crippen molar-refractivity contribution in [2.45, 2.75) is 37.9 Å². The molecular formula is C10H12O8. The monoisotopic (exact) mass is 260 g/mol. The average molecular weight is 260 g/mol. The second-order valence-corrected chi connectivity index (χ2v) is 3.95. The summed E-state index contributed by atoms with van der Waals surface area (Å²) < 4.78 is 0. The predicted molar refractivity (Wildman–Crippen MR) is 52.7 cm³/mol. The summed E-state index contributed by atoms with van der Waals surface area (Å²) in [5.74, 6) is -4.16. The number of aliphatic hydroxyl groups is 2. The normalized spacial score (nSPS) is 25.5. The maximum absolute atomic E-state index is 11.4. The van der Waals surface area contributed by atoms with E-state index >= 15 is 0 Å². The number of hydrogen-bond acceptors (Lipinski definition) is 8. The van der Waals surface area contributed by atoms with Gasteiger partial charge in [-0.15, -0.1) is 0 Å². The van der Waals surface area contributed by atoms with Crippen LogP contribution >= 0.6 is 0 Å². The van der Waals surface area contributed by atoms with Gasteiger partial charge in [0.1, 0.15) is 5.78 Å². The van der Waals surface area contributed by atoms with E-state index in [-0.39, 0.29) is 12.8 Å². The van der Waals surface area contributed by atoms with Crippen molar-refractivity contribution >= 4 is 23.5 Å². The molecule has 8 nitrogen and oxygen atoms in total. The number of aliphatic hydroxyl groups excluding tert-OH is 1. The first-order valence-electron chi connectivity index (χ1n) is 5.15. The highest BCUT2D eigenvalue weighted by Gasteiger charge is 2.50. The van der Waals surface area contributed by atoms with E-state index in [0.29, 0.717) is 0 Å². The summed E-state index contributed by atoms with van der Waals surface area (Å²) in [4.78, 5) is 52.6. The van der Waals surface area contributed by atoms with Gasteiger partial charge in [-0.05, 0) is 6.92 Å². The van der Waals surface area contributed by atoms with Crippen LogP contribution in [0.15, 0.2) is 0 Å². The highest BCUT2D eigenvalue weighted by molar-refractivity contribution is 6.13. The molecule has 0 aromatic rings. The van der Waals surface area contributed by atoms with Crippen LogP contribution in [-0.4, -0.2) is 45.4 Å². The van der Waals surface area contributed by atoms with E-state index in [2.05, 4.69) is 9.78 Å². The maximum atomic E-state index is 11.4. The maximum Gasteiger partial charge on any atom is 0.394 e. The van der Waals surface area contributed by atoms with E-state index in [0.717, 1.165) is 6.92 Å². The molecule has 1 aliphatic rings. The molecule has 1 fully saturated rings. The zero-order chi connectivity index (χ0) is 13.9. The Labute approximate surface area is 101 Å². The third-order valence-electron chi connectivity index (χ3n) is 2.42. The fraction of sp³-hybridized carbons (Fsp3) is 0.600. The van der Waals surface area contributed by atoms with Crippen molar-refractivity contribution in [1.82, 2.24) is 0 Å². The molecule has 0 amide bonds. The van der Waals surface area contributed by atoms with Crippen LogP contribution < -0.4 is 0 Å². The van der Waals surface area contributed by atoms with E-state index in [4.69, 9.17) is 5.11 Å². The summed E-state index contributed by atoms with van der Waals surface area (Å²) in [5, 5.41) is 18.5. The molecule has 0 bridgehead atoms. The molecular weight excluding hydrogens is 248 g/mol. The molecule has 1 rings (SSSR count). The second-order valence-electron chi connectivity index (χ2n) is 3.95. The molecule has 0 aromatic carbocycles. The summed E-state index contributed by atoms with van der Waals surface area (Å²) in [6, 6.07) is 0. The first kappa shape index (κ1) is 14.3. The molecule has 0 aliphatic heterocycles. The molecule has 0 saturated heterocycles. The minimum atomic E-state index is -2.62. The van der Waals surface area contributed by atoms with Gasteiger partial charge in [0.05, 0.1) is 6.42 Å². The van der Waals surface area contributed by atoms with Gasteiger partial charge in [-0.25, -0.2) is 19.4 Å². The first-order chi connectivity index (χ1) is 8.27. The molecule has 18 heavy (non-hydrogen) atoms. The van der Waals surface area contributed by atoms with Crippen LogP contribution in [0.3, 0.4) is 0 Å². The quantitative estimate of drug-likeness (QED) is 0.346.